The van der Waals surface area contributed by atoms with E-state index >= 15 is 0 Å². The molecular weight excluding hydrogens is 240 g/mol. The molecule has 1 saturated carbocycles. The van der Waals surface area contributed by atoms with E-state index in [1.165, 1.54) is 19.4 Å². The van der Waals surface area contributed by atoms with Crippen molar-refractivity contribution in [2.24, 2.45) is 5.92 Å². The van der Waals surface area contributed by atoms with Crippen LogP contribution in [0.15, 0.2) is 24.3 Å². The zero-order valence-electron chi connectivity index (χ0n) is 11.0. The summed E-state index contributed by atoms with van der Waals surface area (Å²) in [6.45, 7) is 3.20. The van der Waals surface area contributed by atoms with Crippen LogP contribution >= 0.6 is 0 Å². The molecule has 1 saturated heterocycles. The number of phenolic OH excluding ortho intramolecular Hbond substituents is 1. The molecule has 102 valence electrons. The largest absolute Gasteiger partial charge is 0.507 e. The predicted molar refractivity (Wildman–Crippen MR) is 73.1 cm³/mol. The number of carbonyl (C=O) groups excluding carboxylic acids is 1. The van der Waals surface area contributed by atoms with Crippen molar-refractivity contribution >= 4 is 5.91 Å². The van der Waals surface area contributed by atoms with E-state index in [1.807, 2.05) is 0 Å². The maximum absolute atomic E-state index is 12.1. The second-order valence-corrected chi connectivity index (χ2v) is 5.68. The Morgan fingerprint density at radius 1 is 1.32 bits per heavy atom. The summed E-state index contributed by atoms with van der Waals surface area (Å²) in [6.07, 6.45) is 3.74. The van der Waals surface area contributed by atoms with Gasteiger partial charge in [0.1, 0.15) is 5.75 Å². The van der Waals surface area contributed by atoms with Crippen LogP contribution in [0.2, 0.25) is 0 Å². The highest BCUT2D eigenvalue weighted by Crippen LogP contribution is 2.30. The minimum atomic E-state index is -0.170. The quantitative estimate of drug-likeness (QED) is 0.864. The zero-order valence-corrected chi connectivity index (χ0v) is 11.0. The number of likely N-dealkylation sites (tertiary alicyclic amines) is 1. The Morgan fingerprint density at radius 3 is 2.84 bits per heavy atom. The lowest BCUT2D eigenvalue weighted by atomic mass is 10.1. The van der Waals surface area contributed by atoms with Gasteiger partial charge in [-0.3, -0.25) is 4.79 Å². The Labute approximate surface area is 113 Å². The number of hydrogen-bond donors (Lipinski definition) is 2. The van der Waals surface area contributed by atoms with Gasteiger partial charge in [0.2, 0.25) is 0 Å². The molecule has 3 rings (SSSR count). The van der Waals surface area contributed by atoms with E-state index in [9.17, 15) is 9.90 Å². The van der Waals surface area contributed by atoms with Crippen LogP contribution in [0.4, 0.5) is 0 Å². The van der Waals surface area contributed by atoms with Gasteiger partial charge in [-0.25, -0.2) is 0 Å². The minimum absolute atomic E-state index is 0.0489. The van der Waals surface area contributed by atoms with E-state index in [-0.39, 0.29) is 17.7 Å². The highest BCUT2D eigenvalue weighted by atomic mass is 16.3. The molecule has 2 aliphatic rings. The summed E-state index contributed by atoms with van der Waals surface area (Å²) in [5, 5.41) is 12.7. The van der Waals surface area contributed by atoms with Crippen molar-refractivity contribution in [2.75, 3.05) is 19.6 Å². The monoisotopic (exact) mass is 260 g/mol. The fourth-order valence-electron chi connectivity index (χ4n) is 2.71. The Kier molecular flexibility index (Phi) is 3.42. The van der Waals surface area contributed by atoms with Crippen LogP contribution in [0.3, 0.4) is 0 Å². The molecule has 2 N–H and O–H groups in total. The van der Waals surface area contributed by atoms with Gasteiger partial charge in [-0.15, -0.1) is 0 Å². The molecule has 1 unspecified atom stereocenters. The molecule has 1 aliphatic heterocycles. The maximum Gasteiger partial charge on any atom is 0.255 e. The van der Waals surface area contributed by atoms with E-state index in [0.29, 0.717) is 5.56 Å². The topological polar surface area (TPSA) is 52.6 Å². The van der Waals surface area contributed by atoms with Crippen molar-refractivity contribution in [1.29, 1.82) is 0 Å². The molecule has 19 heavy (non-hydrogen) atoms. The number of benzene rings is 1. The van der Waals surface area contributed by atoms with Crippen molar-refractivity contribution in [2.45, 2.75) is 25.3 Å². The summed E-state index contributed by atoms with van der Waals surface area (Å²) in [7, 11) is 0. The second-order valence-electron chi connectivity index (χ2n) is 5.68. The molecule has 1 heterocycles. The molecule has 4 nitrogen and oxygen atoms in total. The summed E-state index contributed by atoms with van der Waals surface area (Å²) < 4.78 is 0. The van der Waals surface area contributed by atoms with Crippen molar-refractivity contribution in [3.8, 4) is 5.75 Å². The van der Waals surface area contributed by atoms with Crippen LogP contribution in [0.5, 0.6) is 5.75 Å². The van der Waals surface area contributed by atoms with E-state index in [2.05, 4.69) is 10.2 Å². The third-order valence-corrected chi connectivity index (χ3v) is 3.97. The number of hydrogen-bond acceptors (Lipinski definition) is 3. The third-order valence-electron chi connectivity index (χ3n) is 3.97. The van der Waals surface area contributed by atoms with Crippen LogP contribution in [-0.4, -0.2) is 41.6 Å². The summed E-state index contributed by atoms with van der Waals surface area (Å²) in [5.74, 6) is 0.775. The average molecular weight is 260 g/mol. The first-order chi connectivity index (χ1) is 9.22. The number of aromatic hydroxyl groups is 1. The molecule has 1 aromatic carbocycles. The van der Waals surface area contributed by atoms with Gasteiger partial charge in [-0.05, 0) is 37.3 Å². The van der Waals surface area contributed by atoms with Gasteiger partial charge in [0, 0.05) is 25.7 Å². The smallest absolute Gasteiger partial charge is 0.255 e. The highest BCUT2D eigenvalue weighted by Gasteiger charge is 2.30. The standard InChI is InChI=1S/C15H20N2O2/c18-14-4-2-1-3-13(14)15(19)16-12-7-8-17(10-12)9-11-5-6-11/h1-4,11-12,18H,5-10H2,(H,16,19). The number of phenols is 1. The third kappa shape index (κ3) is 3.07. The number of carbonyl (C=O) groups is 1. The van der Waals surface area contributed by atoms with Crippen molar-refractivity contribution in [1.82, 2.24) is 10.2 Å². The molecule has 2 fully saturated rings. The van der Waals surface area contributed by atoms with E-state index in [4.69, 9.17) is 0 Å². The summed E-state index contributed by atoms with van der Waals surface area (Å²) >= 11 is 0. The summed E-state index contributed by atoms with van der Waals surface area (Å²) in [6, 6.07) is 6.90. The van der Waals surface area contributed by atoms with Gasteiger partial charge in [-0.1, -0.05) is 12.1 Å². The van der Waals surface area contributed by atoms with E-state index in [1.54, 1.807) is 24.3 Å². The van der Waals surface area contributed by atoms with E-state index in [0.717, 1.165) is 25.4 Å². The summed E-state index contributed by atoms with van der Waals surface area (Å²) in [5.41, 5.74) is 0.364. The summed E-state index contributed by atoms with van der Waals surface area (Å²) in [4.78, 5) is 14.5. The molecule has 0 radical (unpaired) electrons. The van der Waals surface area contributed by atoms with Gasteiger partial charge >= 0.3 is 0 Å². The lowest BCUT2D eigenvalue weighted by Gasteiger charge is -2.16. The van der Waals surface area contributed by atoms with Crippen molar-refractivity contribution in [3.05, 3.63) is 29.8 Å². The Hall–Kier alpha value is -1.55. The molecule has 0 spiro atoms. The van der Waals surface area contributed by atoms with Crippen LogP contribution < -0.4 is 5.32 Å². The first kappa shape index (κ1) is 12.5. The van der Waals surface area contributed by atoms with Gasteiger partial charge in [0.15, 0.2) is 0 Å². The lowest BCUT2D eigenvalue weighted by Crippen LogP contribution is -2.37. The Morgan fingerprint density at radius 2 is 2.11 bits per heavy atom. The van der Waals surface area contributed by atoms with Gasteiger partial charge < -0.3 is 15.3 Å². The van der Waals surface area contributed by atoms with Crippen molar-refractivity contribution in [3.63, 3.8) is 0 Å². The molecule has 0 bridgehead atoms. The first-order valence-electron chi connectivity index (χ1n) is 7.03. The average Bonchev–Trinajstić information content (AvgIpc) is 3.09. The van der Waals surface area contributed by atoms with Gasteiger partial charge in [0.25, 0.3) is 5.91 Å². The first-order valence-corrected chi connectivity index (χ1v) is 7.03. The maximum atomic E-state index is 12.1. The predicted octanol–water partition coefficient (Wildman–Crippen LogP) is 1.61. The number of nitrogens with zero attached hydrogens (tertiary/aromatic N) is 1. The molecular formula is C15H20N2O2. The number of nitrogens with one attached hydrogen (secondary N) is 1. The fourth-order valence-corrected chi connectivity index (χ4v) is 2.71. The Bertz CT molecular complexity index is 471. The van der Waals surface area contributed by atoms with Gasteiger partial charge in [-0.2, -0.15) is 0 Å². The molecule has 1 amide bonds. The number of rotatable bonds is 4. The Balaban J connectivity index is 1.54. The molecule has 1 aliphatic carbocycles. The van der Waals surface area contributed by atoms with E-state index < -0.39 is 0 Å². The SMILES string of the molecule is O=C(NC1CCN(CC2CC2)C1)c1ccccc1O. The molecule has 0 aromatic heterocycles. The number of amides is 1. The van der Waals surface area contributed by atoms with Crippen LogP contribution in [0.25, 0.3) is 0 Å². The zero-order chi connectivity index (χ0) is 13.2. The van der Waals surface area contributed by atoms with Crippen LogP contribution in [0.1, 0.15) is 29.6 Å². The normalized spacial score (nSPS) is 23.5. The molecule has 1 atom stereocenters. The van der Waals surface area contributed by atoms with Crippen LogP contribution in [0, 0.1) is 5.92 Å². The highest BCUT2D eigenvalue weighted by molar-refractivity contribution is 5.96. The second kappa shape index (κ2) is 5.21. The van der Waals surface area contributed by atoms with Crippen molar-refractivity contribution < 1.29 is 9.90 Å². The molecule has 4 heteroatoms. The van der Waals surface area contributed by atoms with Crippen LogP contribution in [-0.2, 0) is 0 Å². The molecule has 1 aromatic rings. The van der Waals surface area contributed by atoms with Gasteiger partial charge in [0.05, 0.1) is 5.56 Å². The lowest BCUT2D eigenvalue weighted by molar-refractivity contribution is 0.0935. The fraction of sp³-hybridized carbons (Fsp3) is 0.533. The minimum Gasteiger partial charge on any atom is -0.507 e. The number of para-hydroxylation sites is 1.